The molecule has 0 radical (unpaired) electrons. The minimum absolute atomic E-state index is 0.833. The van der Waals surface area contributed by atoms with Gasteiger partial charge in [0, 0.05) is 24.0 Å². The molecule has 2 N–H and O–H groups in total. The van der Waals surface area contributed by atoms with E-state index in [1.165, 1.54) is 16.7 Å². The van der Waals surface area contributed by atoms with Crippen molar-refractivity contribution in [2.45, 2.75) is 20.4 Å². The summed E-state index contributed by atoms with van der Waals surface area (Å²) in [7, 11) is 0. The molecule has 0 bridgehead atoms. The molecule has 0 aliphatic carbocycles. The molecule has 0 spiro atoms. The fourth-order valence-electron chi connectivity index (χ4n) is 2.40. The van der Waals surface area contributed by atoms with Gasteiger partial charge in [0.25, 0.3) is 0 Å². The van der Waals surface area contributed by atoms with E-state index in [2.05, 4.69) is 71.8 Å². The van der Waals surface area contributed by atoms with Crippen molar-refractivity contribution in [1.82, 2.24) is 10.2 Å². The number of nitrogens with zero attached hydrogens (tertiary/aromatic N) is 1. The highest BCUT2D eigenvalue weighted by Crippen LogP contribution is 2.21. The fourth-order valence-corrected chi connectivity index (χ4v) is 2.40. The van der Waals surface area contributed by atoms with Crippen LogP contribution in [0.25, 0.3) is 11.3 Å². The highest BCUT2D eigenvalue weighted by Gasteiger charge is 2.02. The van der Waals surface area contributed by atoms with Gasteiger partial charge in [-0.3, -0.25) is 5.10 Å². The van der Waals surface area contributed by atoms with Crippen LogP contribution in [0.15, 0.2) is 54.7 Å². The Balaban J connectivity index is 1.76. The molecule has 1 aromatic heterocycles. The summed E-state index contributed by atoms with van der Waals surface area (Å²) < 4.78 is 0. The summed E-state index contributed by atoms with van der Waals surface area (Å²) in [6.07, 6.45) is 1.77. The molecule has 2 aromatic carbocycles. The first-order chi connectivity index (χ1) is 10.2. The first-order valence-electron chi connectivity index (χ1n) is 7.12. The minimum Gasteiger partial charge on any atom is -0.381 e. The van der Waals surface area contributed by atoms with Gasteiger partial charge in [-0.2, -0.15) is 5.10 Å². The van der Waals surface area contributed by atoms with Crippen LogP contribution in [0.5, 0.6) is 0 Å². The van der Waals surface area contributed by atoms with E-state index in [4.69, 9.17) is 0 Å². The standard InChI is InChI=1S/C18H19N3/c1-13-6-7-14(2)16(10-13)12-19-17-5-3-4-15(11-17)18-8-9-20-21-18/h3-11,19H,12H2,1-2H3,(H,20,21). The molecule has 0 saturated heterocycles. The number of nitrogens with one attached hydrogen (secondary N) is 2. The van der Waals surface area contributed by atoms with Crippen molar-refractivity contribution in [2.75, 3.05) is 5.32 Å². The van der Waals surface area contributed by atoms with Gasteiger partial charge >= 0.3 is 0 Å². The van der Waals surface area contributed by atoms with Crippen LogP contribution < -0.4 is 5.32 Å². The third-order valence-electron chi connectivity index (χ3n) is 3.66. The number of benzene rings is 2. The zero-order valence-electron chi connectivity index (χ0n) is 12.4. The Morgan fingerprint density at radius 1 is 1.05 bits per heavy atom. The first-order valence-corrected chi connectivity index (χ1v) is 7.12. The Labute approximate surface area is 125 Å². The molecule has 21 heavy (non-hydrogen) atoms. The number of aromatic nitrogens is 2. The van der Waals surface area contributed by atoms with Gasteiger partial charge < -0.3 is 5.32 Å². The van der Waals surface area contributed by atoms with Crippen molar-refractivity contribution < 1.29 is 0 Å². The molecule has 0 unspecified atom stereocenters. The first kappa shape index (κ1) is 13.4. The Bertz CT molecular complexity index is 730. The average Bonchev–Trinajstić information content (AvgIpc) is 3.03. The maximum atomic E-state index is 4.00. The molecular formula is C18H19N3. The van der Waals surface area contributed by atoms with Gasteiger partial charge in [0.2, 0.25) is 0 Å². The second-order valence-electron chi connectivity index (χ2n) is 5.33. The molecule has 0 amide bonds. The number of aryl methyl sites for hydroxylation is 2. The van der Waals surface area contributed by atoms with Crippen molar-refractivity contribution in [1.29, 1.82) is 0 Å². The Hall–Kier alpha value is -2.55. The summed E-state index contributed by atoms with van der Waals surface area (Å²) in [6, 6.07) is 16.9. The smallest absolute Gasteiger partial charge is 0.0650 e. The zero-order valence-corrected chi connectivity index (χ0v) is 12.4. The Morgan fingerprint density at radius 3 is 2.76 bits per heavy atom. The van der Waals surface area contributed by atoms with Crippen molar-refractivity contribution >= 4 is 5.69 Å². The highest BCUT2D eigenvalue weighted by molar-refractivity contribution is 5.64. The van der Waals surface area contributed by atoms with E-state index in [0.29, 0.717) is 0 Å². The maximum absolute atomic E-state index is 4.00. The third-order valence-corrected chi connectivity index (χ3v) is 3.66. The van der Waals surface area contributed by atoms with Crippen LogP contribution in [0.4, 0.5) is 5.69 Å². The molecule has 0 aliphatic rings. The van der Waals surface area contributed by atoms with Gasteiger partial charge in [0.15, 0.2) is 0 Å². The summed E-state index contributed by atoms with van der Waals surface area (Å²) in [5, 5.41) is 10.5. The second-order valence-corrected chi connectivity index (χ2v) is 5.33. The number of hydrogen-bond acceptors (Lipinski definition) is 2. The van der Waals surface area contributed by atoms with Gasteiger partial charge in [-0.25, -0.2) is 0 Å². The van der Waals surface area contributed by atoms with Gasteiger partial charge in [-0.1, -0.05) is 35.9 Å². The lowest BCUT2D eigenvalue weighted by Gasteiger charge is -2.11. The molecule has 0 atom stereocenters. The van der Waals surface area contributed by atoms with Crippen molar-refractivity contribution in [3.05, 3.63) is 71.4 Å². The normalized spacial score (nSPS) is 10.6. The number of hydrogen-bond donors (Lipinski definition) is 2. The van der Waals surface area contributed by atoms with Crippen LogP contribution in [0.1, 0.15) is 16.7 Å². The van der Waals surface area contributed by atoms with E-state index in [0.717, 1.165) is 23.5 Å². The van der Waals surface area contributed by atoms with Gasteiger partial charge in [0.1, 0.15) is 0 Å². The third kappa shape index (κ3) is 3.14. The van der Waals surface area contributed by atoms with Crippen LogP contribution in [0.2, 0.25) is 0 Å². The lowest BCUT2D eigenvalue weighted by atomic mass is 10.1. The molecule has 3 heteroatoms. The van der Waals surface area contributed by atoms with Crippen LogP contribution >= 0.6 is 0 Å². The topological polar surface area (TPSA) is 40.7 Å². The fraction of sp³-hybridized carbons (Fsp3) is 0.167. The van der Waals surface area contributed by atoms with Gasteiger partial charge in [-0.15, -0.1) is 0 Å². The molecule has 106 valence electrons. The molecule has 0 saturated carbocycles. The summed E-state index contributed by atoms with van der Waals surface area (Å²) >= 11 is 0. The summed E-state index contributed by atoms with van der Waals surface area (Å²) in [6.45, 7) is 5.11. The lowest BCUT2D eigenvalue weighted by Crippen LogP contribution is -2.01. The highest BCUT2D eigenvalue weighted by atomic mass is 15.1. The SMILES string of the molecule is Cc1ccc(C)c(CNc2cccc(-c3ccn[nH]3)c2)c1. The Morgan fingerprint density at radius 2 is 1.95 bits per heavy atom. The monoisotopic (exact) mass is 277 g/mol. The minimum atomic E-state index is 0.833. The predicted molar refractivity (Wildman–Crippen MR) is 87.3 cm³/mol. The van der Waals surface area contributed by atoms with Crippen LogP contribution in [0, 0.1) is 13.8 Å². The van der Waals surface area contributed by atoms with Crippen molar-refractivity contribution in [3.63, 3.8) is 0 Å². The van der Waals surface area contributed by atoms with E-state index in [9.17, 15) is 0 Å². The van der Waals surface area contributed by atoms with Crippen LogP contribution in [-0.2, 0) is 6.54 Å². The van der Waals surface area contributed by atoms with E-state index in [1.807, 2.05) is 6.07 Å². The van der Waals surface area contributed by atoms with Crippen molar-refractivity contribution in [2.24, 2.45) is 0 Å². The number of H-pyrrole nitrogens is 1. The zero-order chi connectivity index (χ0) is 14.7. The van der Waals surface area contributed by atoms with Gasteiger partial charge in [0.05, 0.1) is 5.69 Å². The summed E-state index contributed by atoms with van der Waals surface area (Å²) in [5.41, 5.74) is 7.23. The maximum Gasteiger partial charge on any atom is 0.0650 e. The molecule has 0 fully saturated rings. The Kier molecular flexibility index (Phi) is 3.73. The lowest BCUT2D eigenvalue weighted by molar-refractivity contribution is 1.09. The summed E-state index contributed by atoms with van der Waals surface area (Å²) in [4.78, 5) is 0. The molecular weight excluding hydrogens is 258 g/mol. The van der Waals surface area contributed by atoms with Crippen LogP contribution in [-0.4, -0.2) is 10.2 Å². The molecule has 0 aliphatic heterocycles. The van der Waals surface area contributed by atoms with E-state index < -0.39 is 0 Å². The average molecular weight is 277 g/mol. The van der Waals surface area contributed by atoms with Crippen LogP contribution in [0.3, 0.4) is 0 Å². The predicted octanol–water partition coefficient (Wildman–Crippen LogP) is 4.31. The molecule has 3 rings (SSSR count). The van der Waals surface area contributed by atoms with E-state index >= 15 is 0 Å². The van der Waals surface area contributed by atoms with E-state index in [-0.39, 0.29) is 0 Å². The van der Waals surface area contributed by atoms with Crippen molar-refractivity contribution in [3.8, 4) is 11.3 Å². The molecule has 3 aromatic rings. The summed E-state index contributed by atoms with van der Waals surface area (Å²) in [5.74, 6) is 0. The number of anilines is 1. The number of rotatable bonds is 4. The molecule has 1 heterocycles. The number of aromatic amines is 1. The van der Waals surface area contributed by atoms with Gasteiger partial charge in [-0.05, 0) is 43.2 Å². The second kappa shape index (κ2) is 5.83. The van der Waals surface area contributed by atoms with E-state index in [1.54, 1.807) is 6.20 Å². The quantitative estimate of drug-likeness (QED) is 0.746. The largest absolute Gasteiger partial charge is 0.381 e. The molecule has 3 nitrogen and oxygen atoms in total.